The number of amides is 1. The van der Waals surface area contributed by atoms with Crippen LogP contribution in [-0.4, -0.2) is 19.2 Å². The Kier molecular flexibility index (Phi) is 6.01. The number of anilines is 1. The molecule has 0 aliphatic rings. The fourth-order valence-electron chi connectivity index (χ4n) is 2.51. The Balaban J connectivity index is 1.64. The summed E-state index contributed by atoms with van der Waals surface area (Å²) in [7, 11) is -3.70. The van der Waals surface area contributed by atoms with Gasteiger partial charge in [0.1, 0.15) is 0 Å². The van der Waals surface area contributed by atoms with Crippen molar-refractivity contribution in [3.8, 4) is 0 Å². The maximum absolute atomic E-state index is 12.4. The molecule has 0 saturated heterocycles. The smallest absolute Gasteiger partial charge is 0.269 e. The largest absolute Gasteiger partial charge is 0.322 e. The van der Waals surface area contributed by atoms with E-state index in [9.17, 15) is 23.3 Å². The highest BCUT2D eigenvalue weighted by Gasteiger charge is 2.14. The summed E-state index contributed by atoms with van der Waals surface area (Å²) >= 11 is 0. The van der Waals surface area contributed by atoms with Gasteiger partial charge in [-0.05, 0) is 42.0 Å². The van der Waals surface area contributed by atoms with Crippen LogP contribution in [0.5, 0.6) is 0 Å². The lowest BCUT2D eigenvalue weighted by atomic mass is 10.2. The van der Waals surface area contributed by atoms with E-state index in [0.29, 0.717) is 5.69 Å². The van der Waals surface area contributed by atoms with Crippen molar-refractivity contribution in [3.05, 3.63) is 100 Å². The molecule has 1 amide bonds. The molecule has 0 aliphatic heterocycles. The van der Waals surface area contributed by atoms with Gasteiger partial charge in [0, 0.05) is 29.9 Å². The Bertz CT molecular complexity index is 1110. The van der Waals surface area contributed by atoms with E-state index in [1.54, 1.807) is 0 Å². The van der Waals surface area contributed by atoms with Crippen molar-refractivity contribution in [3.63, 3.8) is 0 Å². The number of non-ortho nitro benzene ring substituents is 1. The summed E-state index contributed by atoms with van der Waals surface area (Å²) in [6.45, 7) is 0.168. The molecule has 3 aromatic carbocycles. The molecule has 29 heavy (non-hydrogen) atoms. The molecule has 0 radical (unpaired) electrons. The molecule has 8 nitrogen and oxygen atoms in total. The number of nitrogens with zero attached hydrogens (tertiary/aromatic N) is 1. The zero-order valence-electron chi connectivity index (χ0n) is 15.1. The van der Waals surface area contributed by atoms with Crippen molar-refractivity contribution >= 4 is 27.3 Å². The molecule has 0 unspecified atom stereocenters. The zero-order valence-corrected chi connectivity index (χ0v) is 15.9. The lowest BCUT2D eigenvalue weighted by Crippen LogP contribution is -2.23. The average Bonchev–Trinajstić information content (AvgIpc) is 2.73. The Morgan fingerprint density at radius 1 is 0.897 bits per heavy atom. The molecule has 0 fully saturated rings. The fraction of sp³-hybridized carbons (Fsp3) is 0.0500. The molecule has 148 valence electrons. The molecule has 0 aliphatic carbocycles. The van der Waals surface area contributed by atoms with Gasteiger partial charge in [-0.15, -0.1) is 0 Å². The molecule has 0 saturated carbocycles. The molecule has 0 aromatic heterocycles. The maximum Gasteiger partial charge on any atom is 0.269 e. The number of nitro benzene ring substituents is 1. The van der Waals surface area contributed by atoms with Gasteiger partial charge in [-0.2, -0.15) is 0 Å². The highest BCUT2D eigenvalue weighted by atomic mass is 32.2. The first-order chi connectivity index (χ1) is 13.8. The highest BCUT2D eigenvalue weighted by molar-refractivity contribution is 7.89. The van der Waals surface area contributed by atoms with Gasteiger partial charge >= 0.3 is 0 Å². The van der Waals surface area contributed by atoms with Crippen molar-refractivity contribution in [2.24, 2.45) is 0 Å². The summed E-state index contributed by atoms with van der Waals surface area (Å²) in [5.41, 5.74) is 1.37. The topological polar surface area (TPSA) is 118 Å². The molecule has 0 bridgehead atoms. The Hall–Kier alpha value is -3.56. The number of benzene rings is 3. The van der Waals surface area contributed by atoms with Crippen LogP contribution in [0.15, 0.2) is 83.8 Å². The van der Waals surface area contributed by atoms with Gasteiger partial charge in [0.2, 0.25) is 10.0 Å². The summed E-state index contributed by atoms with van der Waals surface area (Å²) in [6, 6.07) is 20.0. The summed E-state index contributed by atoms with van der Waals surface area (Å²) in [5.74, 6) is -0.460. The van der Waals surface area contributed by atoms with Crippen molar-refractivity contribution in [2.45, 2.75) is 11.4 Å². The van der Waals surface area contributed by atoms with Crippen LogP contribution in [0.25, 0.3) is 0 Å². The normalized spacial score (nSPS) is 11.0. The summed E-state index contributed by atoms with van der Waals surface area (Å²) < 4.78 is 27.3. The second-order valence-corrected chi connectivity index (χ2v) is 7.86. The minimum atomic E-state index is -3.70. The van der Waals surface area contributed by atoms with E-state index in [4.69, 9.17) is 0 Å². The Morgan fingerprint density at radius 2 is 1.52 bits per heavy atom. The van der Waals surface area contributed by atoms with Gasteiger partial charge in [-0.25, -0.2) is 13.1 Å². The quantitative estimate of drug-likeness (QED) is 0.457. The molecule has 3 aromatic rings. The first-order valence-electron chi connectivity index (χ1n) is 8.54. The van der Waals surface area contributed by atoms with E-state index in [1.807, 2.05) is 30.3 Å². The lowest BCUT2D eigenvalue weighted by Gasteiger charge is -2.09. The Morgan fingerprint density at radius 3 is 2.10 bits per heavy atom. The highest BCUT2D eigenvalue weighted by Crippen LogP contribution is 2.17. The van der Waals surface area contributed by atoms with Crippen LogP contribution in [0.3, 0.4) is 0 Å². The van der Waals surface area contributed by atoms with Gasteiger partial charge in [0.05, 0.1) is 9.82 Å². The molecule has 9 heteroatoms. The van der Waals surface area contributed by atoms with E-state index >= 15 is 0 Å². The third-order valence-electron chi connectivity index (χ3n) is 4.07. The summed E-state index contributed by atoms with van der Waals surface area (Å²) in [6.07, 6.45) is 0. The summed E-state index contributed by atoms with van der Waals surface area (Å²) in [4.78, 5) is 22.4. The van der Waals surface area contributed by atoms with E-state index in [1.165, 1.54) is 48.5 Å². The van der Waals surface area contributed by atoms with Crippen LogP contribution < -0.4 is 10.0 Å². The van der Waals surface area contributed by atoms with Crippen LogP contribution in [0.4, 0.5) is 11.4 Å². The average molecular weight is 411 g/mol. The summed E-state index contributed by atoms with van der Waals surface area (Å²) in [5, 5.41) is 13.3. The molecule has 0 spiro atoms. The van der Waals surface area contributed by atoms with Crippen LogP contribution in [0.2, 0.25) is 0 Å². The van der Waals surface area contributed by atoms with E-state index < -0.39 is 20.9 Å². The van der Waals surface area contributed by atoms with E-state index in [2.05, 4.69) is 10.0 Å². The van der Waals surface area contributed by atoms with Crippen LogP contribution >= 0.6 is 0 Å². The SMILES string of the molecule is O=C(Nc1ccc(S(=O)(=O)NCc2ccccc2)cc1)c1ccc([N+](=O)[O-])cc1. The molecule has 0 atom stereocenters. The van der Waals surface area contributed by atoms with Crippen molar-refractivity contribution in [1.29, 1.82) is 0 Å². The van der Waals surface area contributed by atoms with Gasteiger partial charge < -0.3 is 5.32 Å². The predicted molar refractivity (Wildman–Crippen MR) is 108 cm³/mol. The standard InChI is InChI=1S/C20H17N3O5S/c24-20(16-6-10-18(11-7-16)23(25)26)22-17-8-12-19(13-9-17)29(27,28)21-14-15-4-2-1-3-5-15/h1-13,21H,14H2,(H,22,24). The minimum absolute atomic E-state index is 0.0711. The maximum atomic E-state index is 12.4. The number of nitrogens with one attached hydrogen (secondary N) is 2. The predicted octanol–water partition coefficient (Wildman–Crippen LogP) is 3.33. The third-order valence-corrected chi connectivity index (χ3v) is 5.49. The third kappa shape index (κ3) is 5.24. The van der Waals surface area contributed by atoms with E-state index in [-0.39, 0.29) is 22.7 Å². The first kappa shape index (κ1) is 20.2. The van der Waals surface area contributed by atoms with Crippen LogP contribution in [0, 0.1) is 10.1 Å². The Labute approximate surface area is 167 Å². The van der Waals surface area contributed by atoms with Crippen molar-refractivity contribution in [1.82, 2.24) is 4.72 Å². The van der Waals surface area contributed by atoms with Crippen molar-refractivity contribution in [2.75, 3.05) is 5.32 Å². The number of hydrogen-bond acceptors (Lipinski definition) is 5. The molecule has 2 N–H and O–H groups in total. The van der Waals surface area contributed by atoms with Gasteiger partial charge in [0.15, 0.2) is 0 Å². The van der Waals surface area contributed by atoms with E-state index in [0.717, 1.165) is 5.56 Å². The molecular formula is C20H17N3O5S. The number of sulfonamides is 1. The second kappa shape index (κ2) is 8.63. The van der Waals surface area contributed by atoms with Crippen LogP contribution in [-0.2, 0) is 16.6 Å². The molecular weight excluding hydrogens is 394 g/mol. The fourth-order valence-corrected chi connectivity index (χ4v) is 3.53. The lowest BCUT2D eigenvalue weighted by molar-refractivity contribution is -0.384. The number of hydrogen-bond donors (Lipinski definition) is 2. The number of rotatable bonds is 7. The van der Waals surface area contributed by atoms with Crippen LogP contribution in [0.1, 0.15) is 15.9 Å². The number of nitro groups is 1. The van der Waals surface area contributed by atoms with Crippen molar-refractivity contribution < 1.29 is 18.1 Å². The first-order valence-corrected chi connectivity index (χ1v) is 10.0. The minimum Gasteiger partial charge on any atom is -0.322 e. The number of carbonyl (C=O) groups excluding carboxylic acids is 1. The zero-order chi connectivity index (χ0) is 20.9. The molecule has 3 rings (SSSR count). The van der Waals surface area contributed by atoms with Gasteiger partial charge in [-0.3, -0.25) is 14.9 Å². The van der Waals surface area contributed by atoms with Gasteiger partial charge in [0.25, 0.3) is 11.6 Å². The molecule has 0 heterocycles. The number of carbonyl (C=O) groups is 1. The second-order valence-electron chi connectivity index (χ2n) is 6.09. The van der Waals surface area contributed by atoms with Gasteiger partial charge in [-0.1, -0.05) is 30.3 Å². The monoisotopic (exact) mass is 411 g/mol.